The SMILES string of the molecule is COC(=O)C(C(C)C)n1cc(F)cc(NC(=O)c2ccc(N)c(Cl)c2)c1=O. The first-order valence-electron chi connectivity index (χ1n) is 8.01. The van der Waals surface area contributed by atoms with Gasteiger partial charge in [-0.15, -0.1) is 0 Å². The number of ether oxygens (including phenoxy) is 1. The minimum atomic E-state index is -1.04. The van der Waals surface area contributed by atoms with Crippen molar-refractivity contribution < 1.29 is 18.7 Å². The van der Waals surface area contributed by atoms with Crippen LogP contribution in [-0.2, 0) is 9.53 Å². The van der Waals surface area contributed by atoms with E-state index in [4.69, 9.17) is 22.1 Å². The van der Waals surface area contributed by atoms with Gasteiger partial charge in [-0.25, -0.2) is 9.18 Å². The molecule has 0 bridgehead atoms. The first-order chi connectivity index (χ1) is 12.6. The fraction of sp³-hybridized carbons (Fsp3) is 0.278. The summed E-state index contributed by atoms with van der Waals surface area (Å²) in [7, 11) is 1.18. The molecule has 0 saturated carbocycles. The third-order valence-corrected chi connectivity index (χ3v) is 4.22. The van der Waals surface area contributed by atoms with Gasteiger partial charge in [-0.2, -0.15) is 0 Å². The molecule has 0 aliphatic rings. The summed E-state index contributed by atoms with van der Waals surface area (Å²) in [6.07, 6.45) is 0.902. The molecular formula is C18H19ClFN3O4. The van der Waals surface area contributed by atoms with Crippen LogP contribution in [0.5, 0.6) is 0 Å². The highest BCUT2D eigenvalue weighted by molar-refractivity contribution is 6.33. The molecule has 0 spiro atoms. The Morgan fingerprint density at radius 1 is 1.30 bits per heavy atom. The second-order valence-corrected chi connectivity index (χ2v) is 6.59. The number of pyridine rings is 1. The maximum Gasteiger partial charge on any atom is 0.329 e. The largest absolute Gasteiger partial charge is 0.467 e. The maximum atomic E-state index is 14.1. The number of halogens is 2. The van der Waals surface area contributed by atoms with E-state index in [0.29, 0.717) is 5.69 Å². The summed E-state index contributed by atoms with van der Waals surface area (Å²) in [5, 5.41) is 2.51. The number of benzene rings is 1. The summed E-state index contributed by atoms with van der Waals surface area (Å²) >= 11 is 5.89. The summed E-state index contributed by atoms with van der Waals surface area (Å²) in [6, 6.07) is 4.02. The summed E-state index contributed by atoms with van der Waals surface area (Å²) in [5.41, 5.74) is 4.97. The van der Waals surface area contributed by atoms with Gasteiger partial charge >= 0.3 is 5.97 Å². The van der Waals surface area contributed by atoms with Crippen LogP contribution in [0.4, 0.5) is 15.8 Å². The molecule has 1 heterocycles. The van der Waals surface area contributed by atoms with Gasteiger partial charge in [0.25, 0.3) is 11.5 Å². The summed E-state index contributed by atoms with van der Waals surface area (Å²) < 4.78 is 19.7. The molecule has 0 aliphatic heterocycles. The molecule has 2 aromatic rings. The van der Waals surface area contributed by atoms with E-state index in [1.807, 2.05) is 0 Å². The number of esters is 1. The Bertz CT molecular complexity index is 943. The van der Waals surface area contributed by atoms with Crippen LogP contribution in [0, 0.1) is 11.7 Å². The zero-order chi connectivity index (χ0) is 20.3. The van der Waals surface area contributed by atoms with Crippen LogP contribution in [0.3, 0.4) is 0 Å². The fourth-order valence-corrected chi connectivity index (χ4v) is 2.73. The van der Waals surface area contributed by atoms with E-state index in [1.54, 1.807) is 13.8 Å². The predicted molar refractivity (Wildman–Crippen MR) is 100 cm³/mol. The molecule has 144 valence electrons. The van der Waals surface area contributed by atoms with Crippen molar-refractivity contribution in [2.45, 2.75) is 19.9 Å². The first kappa shape index (κ1) is 20.4. The molecule has 1 aromatic heterocycles. The topological polar surface area (TPSA) is 103 Å². The Labute approximate surface area is 159 Å². The van der Waals surface area contributed by atoms with E-state index in [-0.39, 0.29) is 22.2 Å². The van der Waals surface area contributed by atoms with Gasteiger partial charge in [-0.3, -0.25) is 14.2 Å². The summed E-state index contributed by atoms with van der Waals surface area (Å²) in [6.45, 7) is 3.38. The minimum Gasteiger partial charge on any atom is -0.467 e. The lowest BCUT2D eigenvalue weighted by Gasteiger charge is -2.21. The number of nitrogens with one attached hydrogen (secondary N) is 1. The van der Waals surface area contributed by atoms with Gasteiger partial charge < -0.3 is 15.8 Å². The van der Waals surface area contributed by atoms with E-state index >= 15 is 0 Å². The standard InChI is InChI=1S/C18H19ClFN3O4/c1-9(2)15(18(26)27-3)23-8-11(20)7-14(17(23)25)22-16(24)10-4-5-13(21)12(19)6-10/h4-9,15H,21H2,1-3H3,(H,22,24). The van der Waals surface area contributed by atoms with Crippen molar-refractivity contribution >= 4 is 34.9 Å². The van der Waals surface area contributed by atoms with Crippen molar-refractivity contribution in [3.63, 3.8) is 0 Å². The zero-order valence-corrected chi connectivity index (χ0v) is 15.7. The number of carbonyl (C=O) groups is 2. The Morgan fingerprint density at radius 3 is 2.52 bits per heavy atom. The van der Waals surface area contributed by atoms with Crippen LogP contribution in [0.2, 0.25) is 5.02 Å². The van der Waals surface area contributed by atoms with Gasteiger partial charge in [0.05, 0.1) is 17.8 Å². The monoisotopic (exact) mass is 395 g/mol. The number of anilines is 2. The number of nitrogens with zero attached hydrogens (tertiary/aromatic N) is 1. The quantitative estimate of drug-likeness (QED) is 0.598. The highest BCUT2D eigenvalue weighted by Gasteiger charge is 2.27. The molecule has 0 saturated heterocycles. The first-order valence-corrected chi connectivity index (χ1v) is 8.39. The summed E-state index contributed by atoms with van der Waals surface area (Å²) in [4.78, 5) is 37.1. The third-order valence-electron chi connectivity index (χ3n) is 3.89. The molecule has 1 unspecified atom stereocenters. The Kier molecular flexibility index (Phi) is 6.22. The maximum absolute atomic E-state index is 14.1. The number of carbonyl (C=O) groups excluding carboxylic acids is 2. The molecular weight excluding hydrogens is 377 g/mol. The molecule has 0 radical (unpaired) electrons. The van der Waals surface area contributed by atoms with Gasteiger partial charge in [0, 0.05) is 17.8 Å². The Balaban J connectivity index is 2.45. The van der Waals surface area contributed by atoms with Crippen LogP contribution >= 0.6 is 11.6 Å². The second kappa shape index (κ2) is 8.22. The second-order valence-electron chi connectivity index (χ2n) is 6.19. The lowest BCUT2D eigenvalue weighted by molar-refractivity contribution is -0.146. The molecule has 3 N–H and O–H groups in total. The van der Waals surface area contributed by atoms with E-state index in [9.17, 15) is 18.8 Å². The van der Waals surface area contributed by atoms with Crippen LogP contribution in [0.15, 0.2) is 35.3 Å². The van der Waals surface area contributed by atoms with Crippen LogP contribution < -0.4 is 16.6 Å². The minimum absolute atomic E-state index is 0.137. The third kappa shape index (κ3) is 4.46. The van der Waals surface area contributed by atoms with Crippen molar-refractivity contribution in [1.29, 1.82) is 0 Å². The van der Waals surface area contributed by atoms with Crippen molar-refractivity contribution in [3.8, 4) is 0 Å². The van der Waals surface area contributed by atoms with Crippen LogP contribution in [0.25, 0.3) is 0 Å². The van der Waals surface area contributed by atoms with Gasteiger partial charge in [0.1, 0.15) is 17.5 Å². The molecule has 27 heavy (non-hydrogen) atoms. The molecule has 2 rings (SSSR count). The highest BCUT2D eigenvalue weighted by Crippen LogP contribution is 2.21. The van der Waals surface area contributed by atoms with Crippen molar-refractivity contribution in [1.82, 2.24) is 4.57 Å². The van der Waals surface area contributed by atoms with E-state index < -0.39 is 29.3 Å². The molecule has 0 aliphatic carbocycles. The number of methoxy groups -OCH3 is 1. The van der Waals surface area contributed by atoms with Crippen molar-refractivity contribution in [2.24, 2.45) is 5.92 Å². The van der Waals surface area contributed by atoms with Gasteiger partial charge in [0.2, 0.25) is 0 Å². The van der Waals surface area contributed by atoms with Crippen molar-refractivity contribution in [2.75, 3.05) is 18.2 Å². The Morgan fingerprint density at radius 2 is 1.96 bits per heavy atom. The lowest BCUT2D eigenvalue weighted by atomic mass is 10.0. The van der Waals surface area contributed by atoms with Gasteiger partial charge in [-0.05, 0) is 24.1 Å². The lowest BCUT2D eigenvalue weighted by Crippen LogP contribution is -2.35. The van der Waals surface area contributed by atoms with Gasteiger partial charge in [-0.1, -0.05) is 25.4 Å². The van der Waals surface area contributed by atoms with E-state index in [0.717, 1.165) is 16.8 Å². The Hall–Kier alpha value is -2.87. The number of hydrogen-bond acceptors (Lipinski definition) is 5. The molecule has 9 heteroatoms. The average molecular weight is 396 g/mol. The predicted octanol–water partition coefficient (Wildman–Crippen LogP) is 2.85. The molecule has 1 amide bonds. The normalized spacial score (nSPS) is 11.9. The summed E-state index contributed by atoms with van der Waals surface area (Å²) in [5.74, 6) is -2.52. The zero-order valence-electron chi connectivity index (χ0n) is 15.0. The number of nitrogens with two attached hydrogens (primary N) is 1. The fourth-order valence-electron chi connectivity index (χ4n) is 2.55. The smallest absolute Gasteiger partial charge is 0.329 e. The van der Waals surface area contributed by atoms with E-state index in [1.165, 1.54) is 25.3 Å². The van der Waals surface area contributed by atoms with Crippen LogP contribution in [0.1, 0.15) is 30.2 Å². The average Bonchev–Trinajstić information content (AvgIpc) is 2.60. The molecule has 7 nitrogen and oxygen atoms in total. The highest BCUT2D eigenvalue weighted by atomic mass is 35.5. The molecule has 1 aromatic carbocycles. The number of rotatable bonds is 5. The number of amides is 1. The number of hydrogen-bond donors (Lipinski definition) is 2. The molecule has 1 atom stereocenters. The number of aromatic nitrogens is 1. The van der Waals surface area contributed by atoms with Gasteiger partial charge in [0.15, 0.2) is 0 Å². The van der Waals surface area contributed by atoms with E-state index in [2.05, 4.69) is 5.32 Å². The van der Waals surface area contributed by atoms with Crippen LogP contribution in [-0.4, -0.2) is 23.6 Å². The molecule has 0 fully saturated rings. The number of nitrogen functional groups attached to an aromatic ring is 1. The van der Waals surface area contributed by atoms with Crippen molar-refractivity contribution in [3.05, 3.63) is 57.2 Å².